The van der Waals surface area contributed by atoms with E-state index >= 15 is 0 Å². The van der Waals surface area contributed by atoms with Crippen molar-refractivity contribution in [1.82, 2.24) is 14.9 Å². The molecular weight excluding hydrogens is 305 g/mol. The molecule has 1 heterocycles. The third kappa shape index (κ3) is 3.54. The zero-order valence-electron chi connectivity index (χ0n) is 10.9. The Labute approximate surface area is 122 Å². The van der Waals surface area contributed by atoms with Gasteiger partial charge in [0.05, 0.1) is 0 Å². The molecule has 9 heteroatoms. The van der Waals surface area contributed by atoms with Gasteiger partial charge in [-0.25, -0.2) is 17.8 Å². The predicted molar refractivity (Wildman–Crippen MR) is 71.5 cm³/mol. The van der Waals surface area contributed by atoms with E-state index in [2.05, 4.69) is 15.6 Å². The molecule has 2 rings (SSSR count). The van der Waals surface area contributed by atoms with Gasteiger partial charge in [0, 0.05) is 5.56 Å². The number of rotatable bonds is 5. The molecule has 5 nitrogen and oxygen atoms in total. The molecule has 1 aromatic heterocycles. The monoisotopic (exact) mass is 316 g/mol. The first-order valence-electron chi connectivity index (χ1n) is 5.96. The van der Waals surface area contributed by atoms with Crippen LogP contribution in [0.15, 0.2) is 29.4 Å². The van der Waals surface area contributed by atoms with E-state index in [1.807, 2.05) is 6.92 Å². The molecule has 112 valence electrons. The van der Waals surface area contributed by atoms with Crippen molar-refractivity contribution in [1.29, 1.82) is 0 Å². The van der Waals surface area contributed by atoms with Crippen molar-refractivity contribution < 1.29 is 18.0 Å². The second kappa shape index (κ2) is 6.61. The van der Waals surface area contributed by atoms with E-state index in [0.29, 0.717) is 5.75 Å². The first-order chi connectivity index (χ1) is 10.0. The zero-order valence-corrected chi connectivity index (χ0v) is 11.7. The number of nitrogens with one attached hydrogen (secondary N) is 1. The van der Waals surface area contributed by atoms with E-state index < -0.39 is 24.0 Å². The smallest absolute Gasteiger partial charge is 0.267 e. The quantitative estimate of drug-likeness (QED) is 0.862. The Bertz CT molecular complexity index is 630. The highest BCUT2D eigenvalue weighted by molar-refractivity contribution is 7.99. The topological polar surface area (TPSA) is 59.8 Å². The first kappa shape index (κ1) is 15.4. The Morgan fingerprint density at radius 2 is 2.00 bits per heavy atom. The number of hydrogen-bond donors (Lipinski definition) is 1. The summed E-state index contributed by atoms with van der Waals surface area (Å²) in [6, 6.07) is 4.72. The highest BCUT2D eigenvalue weighted by Crippen LogP contribution is 2.22. The van der Waals surface area contributed by atoms with E-state index in [9.17, 15) is 18.0 Å². The number of hydrogen-bond acceptors (Lipinski definition) is 4. The number of halogens is 3. The van der Waals surface area contributed by atoms with Gasteiger partial charge in [0.1, 0.15) is 5.82 Å². The predicted octanol–water partition coefficient (Wildman–Crippen LogP) is 2.85. The largest absolute Gasteiger partial charge is 0.299 e. The van der Waals surface area contributed by atoms with E-state index in [-0.39, 0.29) is 10.7 Å². The van der Waals surface area contributed by atoms with Gasteiger partial charge in [0.25, 0.3) is 12.3 Å². The van der Waals surface area contributed by atoms with E-state index in [0.717, 1.165) is 28.6 Å². The molecule has 21 heavy (non-hydrogen) atoms. The fourth-order valence-corrected chi connectivity index (χ4v) is 2.14. The maximum Gasteiger partial charge on any atom is 0.299 e. The highest BCUT2D eigenvalue weighted by atomic mass is 32.2. The lowest BCUT2D eigenvalue weighted by Gasteiger charge is -2.10. The van der Waals surface area contributed by atoms with Crippen LogP contribution in [0.4, 0.5) is 13.2 Å². The lowest BCUT2D eigenvalue weighted by molar-refractivity contribution is 0.0996. The van der Waals surface area contributed by atoms with E-state index in [1.165, 1.54) is 12.1 Å². The maximum absolute atomic E-state index is 12.9. The number of amides is 1. The lowest BCUT2D eigenvalue weighted by Crippen LogP contribution is -2.25. The molecular formula is C12H11F3N4OS. The standard InChI is InChI=1S/C12H11F3N4OS/c1-2-21-12-17-16-10(9(14)15)19(12)18-11(20)7-3-5-8(13)6-4-7/h3-6,9H,2H2,1H3,(H,18,20). The second-order valence-electron chi connectivity index (χ2n) is 3.86. The van der Waals surface area contributed by atoms with Crippen molar-refractivity contribution in [3.8, 4) is 0 Å². The van der Waals surface area contributed by atoms with Crippen molar-refractivity contribution in [3.63, 3.8) is 0 Å². The normalized spacial score (nSPS) is 10.9. The minimum Gasteiger partial charge on any atom is -0.267 e. The van der Waals surface area contributed by atoms with Crippen LogP contribution in [0.1, 0.15) is 29.5 Å². The summed E-state index contributed by atoms with van der Waals surface area (Å²) in [5.41, 5.74) is 2.43. The van der Waals surface area contributed by atoms with Gasteiger partial charge in [0.15, 0.2) is 0 Å². The fraction of sp³-hybridized carbons (Fsp3) is 0.250. The molecule has 1 N–H and O–H groups in total. The van der Waals surface area contributed by atoms with Gasteiger partial charge in [-0.05, 0) is 30.0 Å². The molecule has 0 saturated carbocycles. The molecule has 1 aromatic carbocycles. The summed E-state index contributed by atoms with van der Waals surface area (Å²) in [6.07, 6.45) is -2.88. The van der Waals surface area contributed by atoms with Crippen molar-refractivity contribution >= 4 is 17.7 Å². The maximum atomic E-state index is 12.9. The number of aromatic nitrogens is 3. The molecule has 2 aromatic rings. The van der Waals surface area contributed by atoms with Crippen LogP contribution in [0.25, 0.3) is 0 Å². The summed E-state index contributed by atoms with van der Waals surface area (Å²) in [4.78, 5) is 12.0. The van der Waals surface area contributed by atoms with Gasteiger partial charge in [0.2, 0.25) is 11.0 Å². The Balaban J connectivity index is 2.27. The van der Waals surface area contributed by atoms with Crippen LogP contribution in [0.2, 0.25) is 0 Å². The Morgan fingerprint density at radius 1 is 1.33 bits per heavy atom. The van der Waals surface area contributed by atoms with Gasteiger partial charge in [-0.2, -0.15) is 0 Å². The minimum absolute atomic E-state index is 0.137. The van der Waals surface area contributed by atoms with Gasteiger partial charge in [-0.1, -0.05) is 18.7 Å². The van der Waals surface area contributed by atoms with E-state index in [4.69, 9.17) is 0 Å². The van der Waals surface area contributed by atoms with Crippen molar-refractivity contribution in [2.24, 2.45) is 0 Å². The SMILES string of the molecule is CCSc1nnc(C(F)F)n1NC(=O)c1ccc(F)cc1. The Hall–Kier alpha value is -2.03. The van der Waals surface area contributed by atoms with Crippen LogP contribution in [-0.4, -0.2) is 26.5 Å². The number of thioether (sulfide) groups is 1. The molecule has 0 atom stereocenters. The molecule has 0 unspecified atom stereocenters. The second-order valence-corrected chi connectivity index (χ2v) is 5.09. The summed E-state index contributed by atoms with van der Waals surface area (Å²) < 4.78 is 39.4. The van der Waals surface area contributed by atoms with Crippen LogP contribution in [0.5, 0.6) is 0 Å². The number of carbonyl (C=O) groups excluding carboxylic acids is 1. The summed E-state index contributed by atoms with van der Waals surface area (Å²) in [6.45, 7) is 1.81. The van der Waals surface area contributed by atoms with Gasteiger partial charge >= 0.3 is 0 Å². The van der Waals surface area contributed by atoms with Crippen molar-refractivity contribution in [2.45, 2.75) is 18.5 Å². The van der Waals surface area contributed by atoms with Crippen LogP contribution in [0, 0.1) is 5.82 Å². The van der Waals surface area contributed by atoms with Crippen LogP contribution >= 0.6 is 11.8 Å². The molecule has 0 aliphatic carbocycles. The first-order valence-corrected chi connectivity index (χ1v) is 6.94. The van der Waals surface area contributed by atoms with Gasteiger partial charge in [-0.15, -0.1) is 10.2 Å². The minimum atomic E-state index is -2.88. The third-order valence-corrected chi connectivity index (χ3v) is 3.26. The number of nitrogens with zero attached hydrogens (tertiary/aromatic N) is 3. The van der Waals surface area contributed by atoms with Crippen LogP contribution in [-0.2, 0) is 0 Å². The van der Waals surface area contributed by atoms with Crippen LogP contribution < -0.4 is 5.43 Å². The van der Waals surface area contributed by atoms with E-state index in [1.54, 1.807) is 0 Å². The summed E-state index contributed by atoms with van der Waals surface area (Å²) in [5.74, 6) is -1.23. The molecule has 0 fully saturated rings. The summed E-state index contributed by atoms with van der Waals surface area (Å²) in [5, 5.41) is 7.13. The van der Waals surface area contributed by atoms with Gasteiger partial charge < -0.3 is 0 Å². The molecule has 0 bridgehead atoms. The highest BCUT2D eigenvalue weighted by Gasteiger charge is 2.22. The number of alkyl halides is 2. The Morgan fingerprint density at radius 3 is 2.57 bits per heavy atom. The molecule has 0 aliphatic heterocycles. The molecule has 1 amide bonds. The van der Waals surface area contributed by atoms with Crippen molar-refractivity contribution in [3.05, 3.63) is 41.5 Å². The summed E-state index contributed by atoms with van der Waals surface area (Å²) >= 11 is 1.16. The third-order valence-electron chi connectivity index (χ3n) is 2.45. The number of carbonyl (C=O) groups is 1. The van der Waals surface area contributed by atoms with Crippen molar-refractivity contribution in [2.75, 3.05) is 11.2 Å². The molecule has 0 spiro atoms. The zero-order chi connectivity index (χ0) is 15.4. The molecule has 0 radical (unpaired) electrons. The average molecular weight is 316 g/mol. The van der Waals surface area contributed by atoms with Gasteiger partial charge in [-0.3, -0.25) is 10.2 Å². The molecule has 0 aliphatic rings. The van der Waals surface area contributed by atoms with Crippen LogP contribution in [0.3, 0.4) is 0 Å². The Kier molecular flexibility index (Phi) is 4.84. The summed E-state index contributed by atoms with van der Waals surface area (Å²) in [7, 11) is 0. The lowest BCUT2D eigenvalue weighted by atomic mass is 10.2. The fourth-order valence-electron chi connectivity index (χ4n) is 1.52. The number of benzene rings is 1. The molecule has 0 saturated heterocycles. The average Bonchev–Trinajstić information content (AvgIpc) is 2.83.